The second kappa shape index (κ2) is 19.0. The Labute approximate surface area is 144 Å². The molecule has 3 nitrogen and oxygen atoms in total. The SMILES string of the molecule is CCCCCCCCCCCCCCCCCNC(=O)CC#N. The van der Waals surface area contributed by atoms with E-state index in [0.29, 0.717) is 0 Å². The van der Waals surface area contributed by atoms with Crippen LogP contribution < -0.4 is 5.32 Å². The van der Waals surface area contributed by atoms with Gasteiger partial charge in [-0.15, -0.1) is 0 Å². The van der Waals surface area contributed by atoms with E-state index in [9.17, 15) is 4.79 Å². The molecular formula is C20H38N2O. The average Bonchev–Trinajstić information content (AvgIpc) is 2.54. The first-order valence-corrected chi connectivity index (χ1v) is 9.95. The molecule has 0 saturated heterocycles. The van der Waals surface area contributed by atoms with Crippen LogP contribution in [0.5, 0.6) is 0 Å². The van der Waals surface area contributed by atoms with Crippen molar-refractivity contribution in [1.82, 2.24) is 5.32 Å². The molecule has 0 aromatic heterocycles. The van der Waals surface area contributed by atoms with Crippen molar-refractivity contribution in [2.24, 2.45) is 0 Å². The standard InChI is InChI=1S/C20H38N2O/c1-2-3-4-5-6-7-8-9-10-11-12-13-14-15-16-19-22-20(23)17-18-21/h2-17,19H2,1H3,(H,22,23). The maximum atomic E-state index is 11.1. The third-order valence-corrected chi connectivity index (χ3v) is 4.34. The third-order valence-electron chi connectivity index (χ3n) is 4.34. The number of rotatable bonds is 17. The zero-order valence-corrected chi connectivity index (χ0v) is 15.4. The molecule has 0 radical (unpaired) electrons. The van der Waals surface area contributed by atoms with Gasteiger partial charge in [-0.3, -0.25) is 4.79 Å². The van der Waals surface area contributed by atoms with Crippen LogP contribution in [0.3, 0.4) is 0 Å². The first kappa shape index (κ1) is 22.0. The van der Waals surface area contributed by atoms with Crippen LogP contribution in [0.4, 0.5) is 0 Å². The Morgan fingerprint density at radius 2 is 1.13 bits per heavy atom. The molecule has 0 rings (SSSR count). The molecule has 0 bridgehead atoms. The van der Waals surface area contributed by atoms with Crippen molar-refractivity contribution in [1.29, 1.82) is 5.26 Å². The van der Waals surface area contributed by atoms with Gasteiger partial charge in [0, 0.05) is 6.54 Å². The van der Waals surface area contributed by atoms with Crippen LogP contribution >= 0.6 is 0 Å². The normalized spacial score (nSPS) is 10.4. The van der Waals surface area contributed by atoms with Gasteiger partial charge in [0.25, 0.3) is 0 Å². The van der Waals surface area contributed by atoms with Gasteiger partial charge in [-0.25, -0.2) is 0 Å². The molecule has 0 aromatic carbocycles. The van der Waals surface area contributed by atoms with Gasteiger partial charge in [-0.05, 0) is 6.42 Å². The summed E-state index contributed by atoms with van der Waals surface area (Å²) in [5.74, 6) is -0.141. The molecule has 23 heavy (non-hydrogen) atoms. The van der Waals surface area contributed by atoms with Crippen molar-refractivity contribution in [2.45, 2.75) is 110 Å². The van der Waals surface area contributed by atoms with E-state index in [2.05, 4.69) is 12.2 Å². The van der Waals surface area contributed by atoms with Gasteiger partial charge in [0.05, 0.1) is 6.07 Å². The van der Waals surface area contributed by atoms with Crippen LogP contribution in [0.1, 0.15) is 110 Å². The molecule has 0 aliphatic heterocycles. The fourth-order valence-corrected chi connectivity index (χ4v) is 2.86. The summed E-state index contributed by atoms with van der Waals surface area (Å²) in [6, 6.07) is 1.86. The largest absolute Gasteiger partial charge is 0.355 e. The molecular weight excluding hydrogens is 284 g/mol. The number of nitriles is 1. The van der Waals surface area contributed by atoms with Gasteiger partial charge in [0.1, 0.15) is 6.42 Å². The van der Waals surface area contributed by atoms with Crippen molar-refractivity contribution in [3.05, 3.63) is 0 Å². The van der Waals surface area contributed by atoms with Crippen molar-refractivity contribution >= 4 is 5.91 Å². The second-order valence-corrected chi connectivity index (χ2v) is 6.63. The summed E-state index contributed by atoms with van der Waals surface area (Å²) in [5, 5.41) is 11.1. The van der Waals surface area contributed by atoms with Crippen LogP contribution in [0, 0.1) is 11.3 Å². The minimum absolute atomic E-state index is 0.0151. The summed E-state index contributed by atoms with van der Waals surface area (Å²) in [6.07, 6.45) is 20.3. The van der Waals surface area contributed by atoms with Gasteiger partial charge in [-0.1, -0.05) is 96.8 Å². The number of carbonyl (C=O) groups excluding carboxylic acids is 1. The molecule has 0 unspecified atom stereocenters. The van der Waals surface area contributed by atoms with Crippen LogP contribution in [0.2, 0.25) is 0 Å². The summed E-state index contributed by atoms with van der Waals surface area (Å²) in [7, 11) is 0. The van der Waals surface area contributed by atoms with E-state index in [1.54, 1.807) is 0 Å². The van der Waals surface area contributed by atoms with E-state index in [1.807, 2.05) is 6.07 Å². The molecule has 1 amide bonds. The molecule has 0 aliphatic rings. The number of carbonyl (C=O) groups is 1. The topological polar surface area (TPSA) is 52.9 Å². The lowest BCUT2D eigenvalue weighted by Crippen LogP contribution is -2.23. The van der Waals surface area contributed by atoms with E-state index in [4.69, 9.17) is 5.26 Å². The highest BCUT2D eigenvalue weighted by Gasteiger charge is 1.98. The highest BCUT2D eigenvalue weighted by Crippen LogP contribution is 2.13. The van der Waals surface area contributed by atoms with E-state index in [0.717, 1.165) is 13.0 Å². The van der Waals surface area contributed by atoms with Crippen molar-refractivity contribution in [3.8, 4) is 6.07 Å². The molecule has 3 heteroatoms. The maximum absolute atomic E-state index is 11.1. The predicted octanol–water partition coefficient (Wildman–Crippen LogP) is 5.89. The first-order chi connectivity index (χ1) is 11.3. The maximum Gasteiger partial charge on any atom is 0.234 e. The Morgan fingerprint density at radius 1 is 0.739 bits per heavy atom. The fraction of sp³-hybridized carbons (Fsp3) is 0.900. The molecule has 134 valence electrons. The van der Waals surface area contributed by atoms with Crippen LogP contribution in [-0.2, 0) is 4.79 Å². The minimum Gasteiger partial charge on any atom is -0.355 e. The molecule has 0 aromatic rings. The van der Waals surface area contributed by atoms with Gasteiger partial charge >= 0.3 is 0 Å². The van der Waals surface area contributed by atoms with Crippen molar-refractivity contribution < 1.29 is 4.79 Å². The van der Waals surface area contributed by atoms with E-state index in [1.165, 1.54) is 89.9 Å². The number of nitrogens with one attached hydrogen (secondary N) is 1. The molecule has 0 atom stereocenters. The number of nitrogens with zero attached hydrogens (tertiary/aromatic N) is 1. The lowest BCUT2D eigenvalue weighted by Gasteiger charge is -2.04. The lowest BCUT2D eigenvalue weighted by atomic mass is 10.0. The van der Waals surface area contributed by atoms with E-state index >= 15 is 0 Å². The summed E-state index contributed by atoms with van der Waals surface area (Å²) in [4.78, 5) is 11.1. The van der Waals surface area contributed by atoms with Gasteiger partial charge in [-0.2, -0.15) is 5.26 Å². The highest BCUT2D eigenvalue weighted by molar-refractivity contribution is 5.77. The zero-order valence-electron chi connectivity index (χ0n) is 15.4. The van der Waals surface area contributed by atoms with E-state index in [-0.39, 0.29) is 12.3 Å². The summed E-state index contributed by atoms with van der Waals surface area (Å²) in [6.45, 7) is 2.99. The number of amides is 1. The molecule has 0 fully saturated rings. The summed E-state index contributed by atoms with van der Waals surface area (Å²) >= 11 is 0. The predicted molar refractivity (Wildman–Crippen MR) is 98.2 cm³/mol. The monoisotopic (exact) mass is 322 g/mol. The molecule has 0 spiro atoms. The first-order valence-electron chi connectivity index (χ1n) is 9.95. The average molecular weight is 323 g/mol. The van der Waals surface area contributed by atoms with Crippen LogP contribution in [0.15, 0.2) is 0 Å². The summed E-state index contributed by atoms with van der Waals surface area (Å²) in [5.41, 5.74) is 0. The Balaban J connectivity index is 3.03. The molecule has 1 N–H and O–H groups in total. The minimum atomic E-state index is -0.141. The Hall–Kier alpha value is -1.04. The highest BCUT2D eigenvalue weighted by atomic mass is 16.1. The number of hydrogen-bond acceptors (Lipinski definition) is 2. The van der Waals surface area contributed by atoms with Gasteiger partial charge < -0.3 is 5.32 Å². The smallest absolute Gasteiger partial charge is 0.234 e. The second-order valence-electron chi connectivity index (χ2n) is 6.63. The zero-order chi connectivity index (χ0) is 17.0. The van der Waals surface area contributed by atoms with E-state index < -0.39 is 0 Å². The molecule has 0 saturated carbocycles. The third kappa shape index (κ3) is 18.9. The van der Waals surface area contributed by atoms with Crippen LogP contribution in [0.25, 0.3) is 0 Å². The number of hydrogen-bond donors (Lipinski definition) is 1. The van der Waals surface area contributed by atoms with Crippen LogP contribution in [-0.4, -0.2) is 12.5 Å². The molecule has 0 heterocycles. The molecule has 0 aliphatic carbocycles. The van der Waals surface area contributed by atoms with Crippen molar-refractivity contribution in [3.63, 3.8) is 0 Å². The fourth-order valence-electron chi connectivity index (χ4n) is 2.86. The Bertz CT molecular complexity index is 297. The quantitative estimate of drug-likeness (QED) is 0.339. The Kier molecular flexibility index (Phi) is 18.1. The van der Waals surface area contributed by atoms with Gasteiger partial charge in [0.2, 0.25) is 5.91 Å². The lowest BCUT2D eigenvalue weighted by molar-refractivity contribution is -0.120. The van der Waals surface area contributed by atoms with Crippen molar-refractivity contribution in [2.75, 3.05) is 6.54 Å². The van der Waals surface area contributed by atoms with Gasteiger partial charge in [0.15, 0.2) is 0 Å². The number of unbranched alkanes of at least 4 members (excludes halogenated alkanes) is 14. The Morgan fingerprint density at radius 3 is 1.52 bits per heavy atom. The summed E-state index contributed by atoms with van der Waals surface area (Å²) < 4.78 is 0.